The van der Waals surface area contributed by atoms with Crippen LogP contribution < -0.4 is 16.9 Å². The van der Waals surface area contributed by atoms with E-state index in [-0.39, 0.29) is 12.8 Å². The van der Waals surface area contributed by atoms with Crippen LogP contribution in [0.25, 0.3) is 0 Å². The SMILES string of the molecule is N#C[N+]1(C(=O)[C@@H](N)CCC(N)=O)CCCN1. The Bertz CT molecular complexity index is 329. The largest absolute Gasteiger partial charge is 0.370 e. The standard InChI is InChI=1S/C9H15N5O2/c10-6-14(5-1-4-13-14)9(16)7(11)2-3-8(12)15/h7,13H,1-5,11H2,(H-,12,15)/p+1/t7-,14?/m0/s1. The molecule has 0 radical (unpaired) electrons. The summed E-state index contributed by atoms with van der Waals surface area (Å²) in [5, 5.41) is 9.00. The Morgan fingerprint density at radius 1 is 1.56 bits per heavy atom. The van der Waals surface area contributed by atoms with Crippen LogP contribution in [-0.4, -0.2) is 35.5 Å². The van der Waals surface area contributed by atoms with Crippen molar-refractivity contribution in [2.45, 2.75) is 25.3 Å². The molecule has 1 heterocycles. The normalized spacial score (nSPS) is 26.0. The summed E-state index contributed by atoms with van der Waals surface area (Å²) in [6.07, 6.45) is 2.91. The number of hydrogen-bond donors (Lipinski definition) is 3. The molecule has 7 nitrogen and oxygen atoms in total. The van der Waals surface area contributed by atoms with Crippen molar-refractivity contribution >= 4 is 11.8 Å². The number of rotatable bonds is 4. The molecule has 1 saturated heterocycles. The van der Waals surface area contributed by atoms with E-state index in [1.807, 2.05) is 6.19 Å². The maximum Gasteiger partial charge on any atom is 0.364 e. The molecule has 0 aliphatic carbocycles. The molecule has 1 aliphatic heterocycles. The maximum absolute atomic E-state index is 11.9. The smallest absolute Gasteiger partial charge is 0.364 e. The molecular formula is C9H16N5O2+. The van der Waals surface area contributed by atoms with E-state index in [0.717, 1.165) is 6.42 Å². The van der Waals surface area contributed by atoms with E-state index in [4.69, 9.17) is 16.7 Å². The Morgan fingerprint density at radius 2 is 2.25 bits per heavy atom. The van der Waals surface area contributed by atoms with Gasteiger partial charge in [0.2, 0.25) is 5.91 Å². The molecule has 0 spiro atoms. The Hall–Kier alpha value is -1.49. The molecule has 2 atom stereocenters. The number of carbonyl (C=O) groups excluding carboxylic acids is 2. The minimum atomic E-state index is -0.835. The third-order valence-corrected chi connectivity index (χ3v) is 2.62. The highest BCUT2D eigenvalue weighted by molar-refractivity contribution is 5.78. The minimum absolute atomic E-state index is 0.0539. The Kier molecular flexibility index (Phi) is 3.95. The topological polar surface area (TPSA) is 122 Å². The summed E-state index contributed by atoms with van der Waals surface area (Å²) < 4.78 is -0.458. The van der Waals surface area contributed by atoms with Crippen molar-refractivity contribution in [3.63, 3.8) is 0 Å². The van der Waals surface area contributed by atoms with Gasteiger partial charge in [-0.05, 0) is 6.42 Å². The molecule has 88 valence electrons. The lowest BCUT2D eigenvalue weighted by molar-refractivity contribution is -0.822. The summed E-state index contributed by atoms with van der Waals surface area (Å²) in [6, 6.07) is -0.835. The van der Waals surface area contributed by atoms with Crippen molar-refractivity contribution in [3.8, 4) is 6.19 Å². The van der Waals surface area contributed by atoms with Crippen LogP contribution in [0.15, 0.2) is 0 Å². The summed E-state index contributed by atoms with van der Waals surface area (Å²) in [5.41, 5.74) is 13.4. The molecule has 1 unspecified atom stereocenters. The second-order valence-corrected chi connectivity index (χ2v) is 3.84. The number of primary amides is 1. The van der Waals surface area contributed by atoms with Gasteiger partial charge in [-0.25, -0.2) is 4.79 Å². The zero-order valence-corrected chi connectivity index (χ0v) is 8.98. The van der Waals surface area contributed by atoms with Crippen molar-refractivity contribution < 1.29 is 14.2 Å². The molecule has 0 aromatic carbocycles. The minimum Gasteiger partial charge on any atom is -0.370 e. The van der Waals surface area contributed by atoms with Gasteiger partial charge in [0.1, 0.15) is 12.6 Å². The van der Waals surface area contributed by atoms with Crippen LogP contribution >= 0.6 is 0 Å². The monoisotopic (exact) mass is 226 g/mol. The third kappa shape index (κ3) is 2.55. The number of hydrogen-bond acceptors (Lipinski definition) is 5. The van der Waals surface area contributed by atoms with Crippen molar-refractivity contribution in [3.05, 3.63) is 0 Å². The van der Waals surface area contributed by atoms with Gasteiger partial charge >= 0.3 is 12.1 Å². The lowest BCUT2D eigenvalue weighted by atomic mass is 10.1. The van der Waals surface area contributed by atoms with E-state index in [9.17, 15) is 9.59 Å². The lowest BCUT2D eigenvalue weighted by Gasteiger charge is -2.22. The van der Waals surface area contributed by atoms with Gasteiger partial charge in [0, 0.05) is 12.8 Å². The summed E-state index contributed by atoms with van der Waals surface area (Å²) >= 11 is 0. The van der Waals surface area contributed by atoms with Crippen LogP contribution in [-0.2, 0) is 9.59 Å². The van der Waals surface area contributed by atoms with E-state index in [0.29, 0.717) is 13.1 Å². The highest BCUT2D eigenvalue weighted by Crippen LogP contribution is 2.13. The van der Waals surface area contributed by atoms with Crippen LogP contribution in [0.4, 0.5) is 0 Å². The van der Waals surface area contributed by atoms with Crippen LogP contribution in [0, 0.1) is 11.5 Å². The molecular weight excluding hydrogens is 210 g/mol. The van der Waals surface area contributed by atoms with Gasteiger partial charge in [-0.1, -0.05) is 4.59 Å². The molecule has 1 fully saturated rings. The zero-order valence-electron chi connectivity index (χ0n) is 8.98. The summed E-state index contributed by atoms with van der Waals surface area (Å²) in [4.78, 5) is 22.5. The molecule has 0 aromatic rings. The molecule has 0 saturated carbocycles. The Labute approximate surface area is 93.5 Å². The van der Waals surface area contributed by atoms with Crippen LogP contribution in [0.1, 0.15) is 19.3 Å². The number of nitrogens with zero attached hydrogens (tertiary/aromatic N) is 2. The molecule has 1 rings (SSSR count). The fourth-order valence-corrected chi connectivity index (χ4v) is 1.69. The summed E-state index contributed by atoms with van der Waals surface area (Å²) in [6.45, 7) is 1.03. The van der Waals surface area contributed by atoms with Gasteiger partial charge in [0.15, 0.2) is 0 Å². The highest BCUT2D eigenvalue weighted by atomic mass is 16.2. The molecule has 1 aliphatic rings. The van der Waals surface area contributed by atoms with E-state index < -0.39 is 22.4 Å². The Balaban J connectivity index is 2.62. The highest BCUT2D eigenvalue weighted by Gasteiger charge is 2.44. The fraction of sp³-hybridized carbons (Fsp3) is 0.667. The third-order valence-electron chi connectivity index (χ3n) is 2.62. The average molecular weight is 226 g/mol. The first kappa shape index (κ1) is 12.6. The number of quaternary nitrogens is 1. The van der Waals surface area contributed by atoms with Crippen LogP contribution in [0.2, 0.25) is 0 Å². The number of amides is 2. The first-order valence-electron chi connectivity index (χ1n) is 5.14. The molecule has 0 aromatic heterocycles. The second-order valence-electron chi connectivity index (χ2n) is 3.84. The molecule has 7 heteroatoms. The number of carbonyl (C=O) groups is 2. The quantitative estimate of drug-likeness (QED) is 0.390. The van der Waals surface area contributed by atoms with Crippen molar-refractivity contribution in [1.29, 1.82) is 5.26 Å². The van der Waals surface area contributed by atoms with E-state index >= 15 is 0 Å². The van der Waals surface area contributed by atoms with Gasteiger partial charge in [0.05, 0.1) is 6.54 Å². The van der Waals surface area contributed by atoms with Gasteiger partial charge in [0.25, 0.3) is 0 Å². The van der Waals surface area contributed by atoms with E-state index in [2.05, 4.69) is 5.43 Å². The van der Waals surface area contributed by atoms with Gasteiger partial charge in [-0.2, -0.15) is 0 Å². The maximum atomic E-state index is 11.9. The number of nitrogens with two attached hydrogens (primary N) is 2. The first-order valence-corrected chi connectivity index (χ1v) is 5.14. The first-order chi connectivity index (χ1) is 7.52. The van der Waals surface area contributed by atoms with Gasteiger partial charge in [-0.15, -0.1) is 10.7 Å². The Morgan fingerprint density at radius 3 is 2.69 bits per heavy atom. The fourth-order valence-electron chi connectivity index (χ4n) is 1.69. The number of nitriles is 1. The van der Waals surface area contributed by atoms with Gasteiger partial charge < -0.3 is 11.5 Å². The summed E-state index contributed by atoms with van der Waals surface area (Å²) in [5.74, 6) is -0.901. The number of nitrogens with one attached hydrogen (secondary N) is 1. The van der Waals surface area contributed by atoms with E-state index in [1.165, 1.54) is 0 Å². The molecule has 0 bridgehead atoms. The zero-order chi connectivity index (χ0) is 12.2. The lowest BCUT2D eigenvalue weighted by Crippen LogP contribution is -2.59. The molecule has 2 amide bonds. The predicted molar refractivity (Wildman–Crippen MR) is 54.8 cm³/mol. The van der Waals surface area contributed by atoms with Crippen LogP contribution in [0.3, 0.4) is 0 Å². The molecule has 5 N–H and O–H groups in total. The van der Waals surface area contributed by atoms with Crippen molar-refractivity contribution in [1.82, 2.24) is 5.43 Å². The van der Waals surface area contributed by atoms with E-state index in [1.54, 1.807) is 0 Å². The second kappa shape index (κ2) is 5.03. The van der Waals surface area contributed by atoms with Gasteiger partial charge in [-0.3, -0.25) is 4.79 Å². The van der Waals surface area contributed by atoms with Crippen LogP contribution in [0.5, 0.6) is 0 Å². The van der Waals surface area contributed by atoms with Crippen molar-refractivity contribution in [2.75, 3.05) is 13.1 Å². The van der Waals surface area contributed by atoms with Crippen molar-refractivity contribution in [2.24, 2.45) is 11.5 Å². The predicted octanol–water partition coefficient (Wildman–Crippen LogP) is -1.69. The molecule has 16 heavy (non-hydrogen) atoms. The summed E-state index contributed by atoms with van der Waals surface area (Å²) in [7, 11) is 0. The average Bonchev–Trinajstić information content (AvgIpc) is 2.74.